The molecule has 0 saturated heterocycles. The Balaban J connectivity index is 2.40. The quantitative estimate of drug-likeness (QED) is 0.702. The van der Waals surface area contributed by atoms with Crippen LogP contribution in [0.25, 0.3) is 5.65 Å². The van der Waals surface area contributed by atoms with Crippen molar-refractivity contribution in [2.45, 2.75) is 20.0 Å². The van der Waals surface area contributed by atoms with Gasteiger partial charge in [0.2, 0.25) is 0 Å². The van der Waals surface area contributed by atoms with E-state index in [0.29, 0.717) is 5.69 Å². The second-order valence-corrected chi connectivity index (χ2v) is 3.53. The molecule has 0 aliphatic rings. The lowest BCUT2D eigenvalue weighted by Gasteiger charge is -2.06. The molecule has 0 saturated carbocycles. The normalized spacial score (nSPS) is 10.9. The maximum atomic E-state index is 11.6. The van der Waals surface area contributed by atoms with Gasteiger partial charge in [-0.1, -0.05) is 6.07 Å². The minimum Gasteiger partial charge on any atom is -0.458 e. The van der Waals surface area contributed by atoms with Crippen molar-refractivity contribution in [3.05, 3.63) is 36.3 Å². The minimum absolute atomic E-state index is 0.119. The number of imidazole rings is 1. The zero-order chi connectivity index (χ0) is 10.8. The van der Waals surface area contributed by atoms with Crippen LogP contribution >= 0.6 is 0 Å². The van der Waals surface area contributed by atoms with Crippen molar-refractivity contribution in [1.29, 1.82) is 0 Å². The summed E-state index contributed by atoms with van der Waals surface area (Å²) in [5, 5.41) is 0. The number of esters is 1. The molecule has 0 aliphatic carbocycles. The SMILES string of the molecule is CC(C)OC(=O)c1cnc2ccccn12. The third kappa shape index (κ3) is 1.83. The first-order chi connectivity index (χ1) is 7.18. The van der Waals surface area contributed by atoms with Gasteiger partial charge in [0.25, 0.3) is 0 Å². The molecular formula is C11H12N2O2. The summed E-state index contributed by atoms with van der Waals surface area (Å²) in [7, 11) is 0. The van der Waals surface area contributed by atoms with E-state index in [1.54, 1.807) is 10.6 Å². The van der Waals surface area contributed by atoms with Crippen molar-refractivity contribution in [1.82, 2.24) is 9.38 Å². The molecule has 15 heavy (non-hydrogen) atoms. The molecule has 0 aliphatic heterocycles. The van der Waals surface area contributed by atoms with E-state index >= 15 is 0 Å². The number of hydrogen-bond acceptors (Lipinski definition) is 3. The molecule has 2 aromatic heterocycles. The number of carbonyl (C=O) groups is 1. The van der Waals surface area contributed by atoms with Crippen molar-refractivity contribution >= 4 is 11.6 Å². The Bertz CT molecular complexity index is 488. The number of aromatic nitrogens is 2. The van der Waals surface area contributed by atoms with Crippen LogP contribution in [0.2, 0.25) is 0 Å². The number of carbonyl (C=O) groups excluding carboxylic acids is 1. The topological polar surface area (TPSA) is 43.6 Å². The van der Waals surface area contributed by atoms with Crippen LogP contribution in [0.1, 0.15) is 24.3 Å². The number of ether oxygens (including phenoxy) is 1. The molecule has 0 radical (unpaired) electrons. The highest BCUT2D eigenvalue weighted by atomic mass is 16.5. The van der Waals surface area contributed by atoms with E-state index in [1.165, 1.54) is 6.20 Å². The highest BCUT2D eigenvalue weighted by Gasteiger charge is 2.13. The summed E-state index contributed by atoms with van der Waals surface area (Å²) >= 11 is 0. The molecule has 0 unspecified atom stereocenters. The van der Waals surface area contributed by atoms with E-state index in [-0.39, 0.29) is 12.1 Å². The molecule has 4 nitrogen and oxygen atoms in total. The maximum Gasteiger partial charge on any atom is 0.357 e. The summed E-state index contributed by atoms with van der Waals surface area (Å²) in [5.74, 6) is -0.344. The van der Waals surface area contributed by atoms with Crippen LogP contribution in [0.15, 0.2) is 30.6 Å². The summed E-state index contributed by atoms with van der Waals surface area (Å²) in [5.41, 5.74) is 1.20. The maximum absolute atomic E-state index is 11.6. The largest absolute Gasteiger partial charge is 0.458 e. The second kappa shape index (κ2) is 3.73. The highest BCUT2D eigenvalue weighted by molar-refractivity contribution is 5.88. The van der Waals surface area contributed by atoms with E-state index < -0.39 is 0 Å². The molecule has 2 aromatic rings. The first kappa shape index (κ1) is 9.71. The Hall–Kier alpha value is -1.84. The van der Waals surface area contributed by atoms with Gasteiger partial charge in [0.15, 0.2) is 5.69 Å². The number of hydrogen-bond donors (Lipinski definition) is 0. The van der Waals surface area contributed by atoms with Gasteiger partial charge in [-0.05, 0) is 26.0 Å². The summed E-state index contributed by atoms with van der Waals surface area (Å²) < 4.78 is 6.82. The Morgan fingerprint density at radius 3 is 3.00 bits per heavy atom. The van der Waals surface area contributed by atoms with Crippen LogP contribution in [0.4, 0.5) is 0 Å². The Labute approximate surface area is 87.5 Å². The Kier molecular flexibility index (Phi) is 2.41. The smallest absolute Gasteiger partial charge is 0.357 e. The minimum atomic E-state index is -0.344. The van der Waals surface area contributed by atoms with Crippen molar-refractivity contribution in [3.63, 3.8) is 0 Å². The lowest BCUT2D eigenvalue weighted by molar-refractivity contribution is 0.0369. The lowest BCUT2D eigenvalue weighted by atomic mass is 10.4. The molecule has 0 spiro atoms. The predicted octanol–water partition coefficient (Wildman–Crippen LogP) is 1.90. The lowest BCUT2D eigenvalue weighted by Crippen LogP contribution is -2.13. The predicted molar refractivity (Wildman–Crippen MR) is 55.7 cm³/mol. The summed E-state index contributed by atoms with van der Waals surface area (Å²) in [6.45, 7) is 3.64. The third-order valence-electron chi connectivity index (χ3n) is 1.97. The fraction of sp³-hybridized carbons (Fsp3) is 0.273. The fourth-order valence-corrected chi connectivity index (χ4v) is 1.36. The van der Waals surface area contributed by atoms with E-state index in [0.717, 1.165) is 5.65 Å². The number of fused-ring (bicyclic) bond motifs is 1. The van der Waals surface area contributed by atoms with Crippen LogP contribution in [0.5, 0.6) is 0 Å². The van der Waals surface area contributed by atoms with Gasteiger partial charge >= 0.3 is 5.97 Å². The van der Waals surface area contributed by atoms with Gasteiger partial charge in [-0.25, -0.2) is 9.78 Å². The van der Waals surface area contributed by atoms with E-state index in [9.17, 15) is 4.79 Å². The monoisotopic (exact) mass is 204 g/mol. The molecule has 78 valence electrons. The molecule has 0 N–H and O–H groups in total. The molecule has 0 aromatic carbocycles. The second-order valence-electron chi connectivity index (χ2n) is 3.53. The van der Waals surface area contributed by atoms with Gasteiger partial charge in [0.1, 0.15) is 5.65 Å². The molecule has 0 fully saturated rings. The highest BCUT2D eigenvalue weighted by Crippen LogP contribution is 2.08. The van der Waals surface area contributed by atoms with Crippen LogP contribution < -0.4 is 0 Å². The Morgan fingerprint density at radius 2 is 2.27 bits per heavy atom. The van der Waals surface area contributed by atoms with Crippen LogP contribution in [0.3, 0.4) is 0 Å². The summed E-state index contributed by atoms with van der Waals surface area (Å²) in [6.07, 6.45) is 3.20. The standard InChI is InChI=1S/C11H12N2O2/c1-8(2)15-11(14)9-7-12-10-5-3-4-6-13(9)10/h3-8H,1-2H3. The van der Waals surface area contributed by atoms with Crippen molar-refractivity contribution in [2.75, 3.05) is 0 Å². The van der Waals surface area contributed by atoms with Gasteiger partial charge in [0.05, 0.1) is 12.3 Å². The molecular weight excluding hydrogens is 192 g/mol. The van der Waals surface area contributed by atoms with E-state index in [1.807, 2.05) is 32.0 Å². The molecule has 4 heteroatoms. The number of rotatable bonds is 2. The van der Waals surface area contributed by atoms with Gasteiger partial charge in [-0.3, -0.25) is 4.40 Å². The number of pyridine rings is 1. The van der Waals surface area contributed by atoms with Crippen molar-refractivity contribution in [3.8, 4) is 0 Å². The van der Waals surface area contributed by atoms with Crippen LogP contribution in [-0.4, -0.2) is 21.5 Å². The number of nitrogens with zero attached hydrogens (tertiary/aromatic N) is 2. The van der Waals surface area contributed by atoms with Gasteiger partial charge in [0, 0.05) is 6.20 Å². The molecule has 2 heterocycles. The zero-order valence-electron chi connectivity index (χ0n) is 8.68. The third-order valence-corrected chi connectivity index (χ3v) is 1.97. The van der Waals surface area contributed by atoms with Gasteiger partial charge in [-0.2, -0.15) is 0 Å². The van der Waals surface area contributed by atoms with Crippen LogP contribution in [0, 0.1) is 0 Å². The first-order valence-electron chi connectivity index (χ1n) is 4.81. The van der Waals surface area contributed by atoms with Crippen LogP contribution in [-0.2, 0) is 4.74 Å². The zero-order valence-corrected chi connectivity index (χ0v) is 8.68. The average Bonchev–Trinajstić information content (AvgIpc) is 2.59. The van der Waals surface area contributed by atoms with E-state index in [4.69, 9.17) is 4.74 Å². The fourth-order valence-electron chi connectivity index (χ4n) is 1.36. The molecule has 0 amide bonds. The van der Waals surface area contributed by atoms with Crippen molar-refractivity contribution in [2.24, 2.45) is 0 Å². The van der Waals surface area contributed by atoms with Gasteiger partial charge < -0.3 is 4.74 Å². The summed E-state index contributed by atoms with van der Waals surface area (Å²) in [6, 6.07) is 5.56. The molecule has 0 atom stereocenters. The van der Waals surface area contributed by atoms with E-state index in [2.05, 4.69) is 4.98 Å². The summed E-state index contributed by atoms with van der Waals surface area (Å²) in [4.78, 5) is 15.8. The van der Waals surface area contributed by atoms with Crippen molar-refractivity contribution < 1.29 is 9.53 Å². The van der Waals surface area contributed by atoms with Gasteiger partial charge in [-0.15, -0.1) is 0 Å². The molecule has 0 bridgehead atoms. The Morgan fingerprint density at radius 1 is 1.47 bits per heavy atom. The average molecular weight is 204 g/mol. The first-order valence-corrected chi connectivity index (χ1v) is 4.81. The molecule has 2 rings (SSSR count).